The number of nitrogens with one attached hydrogen (secondary N) is 1. The van der Waals surface area contributed by atoms with Crippen LogP contribution in [0.2, 0.25) is 0 Å². The molecule has 0 heterocycles. The highest BCUT2D eigenvalue weighted by molar-refractivity contribution is 5.76. The molecule has 118 valence electrons. The van der Waals surface area contributed by atoms with Crippen molar-refractivity contribution in [3.63, 3.8) is 0 Å². The van der Waals surface area contributed by atoms with Gasteiger partial charge in [0.2, 0.25) is 5.91 Å². The summed E-state index contributed by atoms with van der Waals surface area (Å²) in [7, 11) is 0. The van der Waals surface area contributed by atoms with E-state index in [2.05, 4.69) is 33.0 Å². The topological polar surface area (TPSA) is 49.3 Å². The van der Waals surface area contributed by atoms with Gasteiger partial charge >= 0.3 is 0 Å². The zero-order chi connectivity index (χ0) is 15.2. The Morgan fingerprint density at radius 2 is 1.75 bits per heavy atom. The molecule has 0 aromatic rings. The number of rotatable bonds is 5. The molecule has 0 aromatic carbocycles. The van der Waals surface area contributed by atoms with Crippen LogP contribution < -0.4 is 5.32 Å². The van der Waals surface area contributed by atoms with Crippen LogP contribution in [0.3, 0.4) is 0 Å². The fourth-order valence-electron chi connectivity index (χ4n) is 3.33. The number of carbonyl (C=O) groups excluding carboxylic acids is 1. The molecule has 0 radical (unpaired) electrons. The maximum absolute atomic E-state index is 12.0. The molecular weight excluding hydrogens is 250 g/mol. The van der Waals surface area contributed by atoms with Gasteiger partial charge in [-0.25, -0.2) is 0 Å². The third-order valence-electron chi connectivity index (χ3n) is 4.14. The van der Waals surface area contributed by atoms with Crippen LogP contribution in [0.5, 0.6) is 0 Å². The van der Waals surface area contributed by atoms with Crippen molar-refractivity contribution < 1.29 is 9.90 Å². The Bertz CT molecular complexity index is 299. The van der Waals surface area contributed by atoms with Gasteiger partial charge in [-0.2, -0.15) is 0 Å². The van der Waals surface area contributed by atoms with E-state index in [0.717, 1.165) is 32.1 Å². The Hall–Kier alpha value is -0.570. The maximum Gasteiger partial charge on any atom is 0.220 e. The molecule has 1 aliphatic carbocycles. The Balaban J connectivity index is 2.31. The van der Waals surface area contributed by atoms with Gasteiger partial charge in [0.25, 0.3) is 0 Å². The molecule has 0 aliphatic heterocycles. The van der Waals surface area contributed by atoms with Crippen molar-refractivity contribution in [2.75, 3.05) is 6.54 Å². The molecule has 3 heteroatoms. The van der Waals surface area contributed by atoms with Crippen molar-refractivity contribution in [2.24, 2.45) is 11.3 Å². The molecule has 0 saturated heterocycles. The summed E-state index contributed by atoms with van der Waals surface area (Å²) >= 11 is 0. The number of hydrogen-bond acceptors (Lipinski definition) is 2. The second-order valence-electron chi connectivity index (χ2n) is 7.99. The highest BCUT2D eigenvalue weighted by atomic mass is 16.3. The zero-order valence-electron chi connectivity index (χ0n) is 13.8. The van der Waals surface area contributed by atoms with E-state index in [4.69, 9.17) is 0 Å². The molecule has 1 atom stereocenters. The fourth-order valence-corrected chi connectivity index (χ4v) is 3.33. The first kappa shape index (κ1) is 17.5. The third kappa shape index (κ3) is 7.28. The lowest BCUT2D eigenvalue weighted by molar-refractivity contribution is -0.123. The first-order chi connectivity index (χ1) is 9.20. The maximum atomic E-state index is 12.0. The molecule has 0 spiro atoms. The van der Waals surface area contributed by atoms with E-state index < -0.39 is 5.60 Å². The minimum Gasteiger partial charge on any atom is -0.388 e. The quantitative estimate of drug-likeness (QED) is 0.757. The predicted molar refractivity (Wildman–Crippen MR) is 83.5 cm³/mol. The standard InChI is InChI=1S/C17H33NO2/c1-14(12-16(2,3)4)11-15(19)18-13-17(20)9-7-5-6-8-10-17/h14,20H,5-13H2,1-4H3,(H,18,19). The van der Waals surface area contributed by atoms with Gasteiger partial charge in [-0.15, -0.1) is 0 Å². The van der Waals surface area contributed by atoms with Crippen LogP contribution in [-0.2, 0) is 4.79 Å². The minimum absolute atomic E-state index is 0.0828. The van der Waals surface area contributed by atoms with Crippen molar-refractivity contribution in [3.05, 3.63) is 0 Å². The van der Waals surface area contributed by atoms with E-state index >= 15 is 0 Å². The summed E-state index contributed by atoms with van der Waals surface area (Å²) in [5.74, 6) is 0.471. The van der Waals surface area contributed by atoms with E-state index in [1.165, 1.54) is 12.8 Å². The molecule has 1 aliphatic rings. The van der Waals surface area contributed by atoms with Gasteiger partial charge in [0.1, 0.15) is 0 Å². The minimum atomic E-state index is -0.667. The molecule has 2 N–H and O–H groups in total. The molecule has 1 fully saturated rings. The van der Waals surface area contributed by atoms with Gasteiger partial charge in [0.15, 0.2) is 0 Å². The highest BCUT2D eigenvalue weighted by Gasteiger charge is 2.28. The number of carbonyl (C=O) groups is 1. The van der Waals surface area contributed by atoms with Crippen LogP contribution in [0.1, 0.15) is 79.1 Å². The van der Waals surface area contributed by atoms with E-state index in [1.807, 2.05) is 0 Å². The van der Waals surface area contributed by atoms with Crippen molar-refractivity contribution >= 4 is 5.91 Å². The molecule has 20 heavy (non-hydrogen) atoms. The zero-order valence-corrected chi connectivity index (χ0v) is 13.8. The monoisotopic (exact) mass is 283 g/mol. The van der Waals surface area contributed by atoms with Crippen LogP contribution >= 0.6 is 0 Å². The van der Waals surface area contributed by atoms with Gasteiger partial charge in [-0.3, -0.25) is 4.79 Å². The molecule has 1 rings (SSSR count). The number of hydrogen-bond donors (Lipinski definition) is 2. The van der Waals surface area contributed by atoms with Gasteiger partial charge in [0, 0.05) is 13.0 Å². The fraction of sp³-hybridized carbons (Fsp3) is 0.941. The van der Waals surface area contributed by atoms with Crippen LogP contribution in [0.15, 0.2) is 0 Å². The van der Waals surface area contributed by atoms with Crippen LogP contribution in [0, 0.1) is 11.3 Å². The second kappa shape index (κ2) is 7.44. The van der Waals surface area contributed by atoms with E-state index in [-0.39, 0.29) is 11.3 Å². The summed E-state index contributed by atoms with van der Waals surface area (Å²) in [6, 6.07) is 0. The highest BCUT2D eigenvalue weighted by Crippen LogP contribution is 2.27. The van der Waals surface area contributed by atoms with E-state index in [1.54, 1.807) is 0 Å². The average Bonchev–Trinajstić information content (AvgIpc) is 2.49. The summed E-state index contributed by atoms with van der Waals surface area (Å²) in [6.07, 6.45) is 7.82. The van der Waals surface area contributed by atoms with Gasteiger partial charge in [0.05, 0.1) is 5.60 Å². The second-order valence-corrected chi connectivity index (χ2v) is 7.99. The molecule has 1 saturated carbocycles. The molecular formula is C17H33NO2. The SMILES string of the molecule is CC(CC(=O)NCC1(O)CCCCCC1)CC(C)(C)C. The largest absolute Gasteiger partial charge is 0.388 e. The number of amides is 1. The molecule has 1 unspecified atom stereocenters. The summed E-state index contributed by atoms with van der Waals surface area (Å²) in [5, 5.41) is 13.5. The van der Waals surface area contributed by atoms with Gasteiger partial charge < -0.3 is 10.4 Å². The van der Waals surface area contributed by atoms with Crippen molar-refractivity contribution in [3.8, 4) is 0 Å². The molecule has 0 bridgehead atoms. The Kier molecular flexibility index (Phi) is 6.50. The van der Waals surface area contributed by atoms with Crippen molar-refractivity contribution in [2.45, 2.75) is 84.7 Å². The summed E-state index contributed by atoms with van der Waals surface area (Å²) in [5.41, 5.74) is -0.404. The summed E-state index contributed by atoms with van der Waals surface area (Å²) in [6.45, 7) is 9.17. The Labute approximate surface area is 124 Å². The number of aliphatic hydroxyl groups is 1. The first-order valence-electron chi connectivity index (χ1n) is 8.19. The summed E-state index contributed by atoms with van der Waals surface area (Å²) < 4.78 is 0. The van der Waals surface area contributed by atoms with Crippen LogP contribution in [0.4, 0.5) is 0 Å². The lowest BCUT2D eigenvalue weighted by atomic mass is 9.84. The lowest BCUT2D eigenvalue weighted by Crippen LogP contribution is -2.43. The van der Waals surface area contributed by atoms with E-state index in [0.29, 0.717) is 18.9 Å². The normalized spacial score (nSPS) is 21.1. The Morgan fingerprint density at radius 1 is 1.20 bits per heavy atom. The van der Waals surface area contributed by atoms with Crippen molar-refractivity contribution in [1.29, 1.82) is 0 Å². The lowest BCUT2D eigenvalue weighted by Gasteiger charge is -2.27. The molecule has 1 amide bonds. The Morgan fingerprint density at radius 3 is 2.25 bits per heavy atom. The average molecular weight is 283 g/mol. The van der Waals surface area contributed by atoms with Gasteiger partial charge in [-0.1, -0.05) is 53.4 Å². The van der Waals surface area contributed by atoms with E-state index in [9.17, 15) is 9.90 Å². The smallest absolute Gasteiger partial charge is 0.220 e. The van der Waals surface area contributed by atoms with Crippen LogP contribution in [-0.4, -0.2) is 23.2 Å². The predicted octanol–water partition coefficient (Wildman–Crippen LogP) is 3.65. The molecule has 3 nitrogen and oxygen atoms in total. The van der Waals surface area contributed by atoms with Crippen molar-refractivity contribution in [1.82, 2.24) is 5.32 Å². The van der Waals surface area contributed by atoms with Crippen LogP contribution in [0.25, 0.3) is 0 Å². The molecule has 0 aromatic heterocycles. The summed E-state index contributed by atoms with van der Waals surface area (Å²) in [4.78, 5) is 12.0. The first-order valence-corrected chi connectivity index (χ1v) is 8.19. The third-order valence-corrected chi connectivity index (χ3v) is 4.14. The van der Waals surface area contributed by atoms with Gasteiger partial charge in [-0.05, 0) is 30.6 Å².